The van der Waals surface area contributed by atoms with Gasteiger partial charge < -0.3 is 15.4 Å². The highest BCUT2D eigenvalue weighted by Gasteiger charge is 2.29. The molecule has 1 aromatic rings. The Bertz CT molecular complexity index is 675. The maximum atomic E-state index is 12.5. The predicted octanol–water partition coefficient (Wildman–Crippen LogP) is 1.54. The van der Waals surface area contributed by atoms with E-state index in [2.05, 4.69) is 15.7 Å². The molecule has 2 heterocycles. The van der Waals surface area contributed by atoms with Gasteiger partial charge in [-0.3, -0.25) is 14.3 Å². The lowest BCUT2D eigenvalue weighted by molar-refractivity contribution is -0.125. The van der Waals surface area contributed by atoms with Crippen LogP contribution < -0.4 is 10.6 Å². The van der Waals surface area contributed by atoms with Crippen LogP contribution in [-0.4, -0.2) is 40.8 Å². The van der Waals surface area contributed by atoms with Gasteiger partial charge in [0.25, 0.3) is 5.91 Å². The Balaban J connectivity index is 1.38. The smallest absolute Gasteiger partial charge is 0.272 e. The van der Waals surface area contributed by atoms with Crippen LogP contribution in [0.25, 0.3) is 0 Å². The number of fused-ring (bicyclic) bond motifs is 1. The number of ether oxygens (including phenoxy) is 1. The number of carbonyl (C=O) groups excluding carboxylic acids is 2. The quantitative estimate of drug-likeness (QED) is 0.806. The van der Waals surface area contributed by atoms with Gasteiger partial charge in [0.2, 0.25) is 5.91 Å². The molecule has 142 valence electrons. The molecule has 2 fully saturated rings. The van der Waals surface area contributed by atoms with E-state index in [4.69, 9.17) is 4.74 Å². The Morgan fingerprint density at radius 1 is 1.15 bits per heavy atom. The van der Waals surface area contributed by atoms with Gasteiger partial charge >= 0.3 is 0 Å². The standard InChI is InChI=1S/C19H28N4O3/c24-18(13-4-2-1-3-5-13)20-9-10-23-16-8-11-26-12-15(16)17(22-23)19(25)21-14-6-7-14/h13-14H,1-12H2,(H,20,24)(H,21,25). The topological polar surface area (TPSA) is 85.3 Å². The highest BCUT2D eigenvalue weighted by atomic mass is 16.5. The van der Waals surface area contributed by atoms with E-state index < -0.39 is 0 Å². The molecule has 0 atom stereocenters. The van der Waals surface area contributed by atoms with E-state index in [1.54, 1.807) is 0 Å². The monoisotopic (exact) mass is 360 g/mol. The molecule has 1 aliphatic heterocycles. The maximum Gasteiger partial charge on any atom is 0.272 e. The van der Waals surface area contributed by atoms with Crippen molar-refractivity contribution in [2.45, 2.75) is 70.6 Å². The van der Waals surface area contributed by atoms with Crippen LogP contribution in [0.1, 0.15) is 66.7 Å². The molecule has 2 N–H and O–H groups in total. The summed E-state index contributed by atoms with van der Waals surface area (Å²) in [5, 5.41) is 10.6. The fourth-order valence-corrected chi connectivity index (χ4v) is 3.95. The average molecular weight is 360 g/mol. The number of amides is 2. The molecule has 4 rings (SSSR count). The second-order valence-electron chi connectivity index (χ2n) is 7.67. The lowest BCUT2D eigenvalue weighted by Gasteiger charge is -2.21. The summed E-state index contributed by atoms with van der Waals surface area (Å²) < 4.78 is 7.43. The van der Waals surface area contributed by atoms with Crippen molar-refractivity contribution in [1.29, 1.82) is 0 Å². The Morgan fingerprint density at radius 3 is 2.73 bits per heavy atom. The van der Waals surface area contributed by atoms with Gasteiger partial charge in [0, 0.05) is 36.2 Å². The van der Waals surface area contributed by atoms with E-state index >= 15 is 0 Å². The fourth-order valence-electron chi connectivity index (χ4n) is 3.95. The van der Waals surface area contributed by atoms with Crippen LogP contribution >= 0.6 is 0 Å². The zero-order valence-electron chi connectivity index (χ0n) is 15.3. The van der Waals surface area contributed by atoms with Gasteiger partial charge in [-0.25, -0.2) is 0 Å². The normalized spacial score (nSPS) is 20.5. The van der Waals surface area contributed by atoms with Gasteiger partial charge in [-0.2, -0.15) is 5.10 Å². The number of nitrogens with one attached hydrogen (secondary N) is 2. The van der Waals surface area contributed by atoms with E-state index in [0.717, 1.165) is 56.2 Å². The number of aromatic nitrogens is 2. The third-order valence-electron chi connectivity index (χ3n) is 5.62. The Labute approximate surface area is 153 Å². The predicted molar refractivity (Wildman–Crippen MR) is 95.7 cm³/mol. The van der Waals surface area contributed by atoms with Crippen LogP contribution in [0.3, 0.4) is 0 Å². The van der Waals surface area contributed by atoms with E-state index in [0.29, 0.717) is 38.0 Å². The summed E-state index contributed by atoms with van der Waals surface area (Å²) in [5.41, 5.74) is 2.47. The molecular weight excluding hydrogens is 332 g/mol. The Kier molecular flexibility index (Phi) is 5.24. The minimum Gasteiger partial charge on any atom is -0.376 e. The third kappa shape index (κ3) is 3.92. The lowest BCUT2D eigenvalue weighted by atomic mass is 9.89. The molecule has 2 amide bonds. The highest BCUT2D eigenvalue weighted by Crippen LogP contribution is 2.25. The summed E-state index contributed by atoms with van der Waals surface area (Å²) in [6.07, 6.45) is 8.44. The first-order valence-corrected chi connectivity index (χ1v) is 9.97. The third-order valence-corrected chi connectivity index (χ3v) is 5.62. The van der Waals surface area contributed by atoms with Gasteiger partial charge in [0.15, 0.2) is 5.69 Å². The lowest BCUT2D eigenvalue weighted by Crippen LogP contribution is -2.34. The molecule has 3 aliphatic rings. The number of rotatable bonds is 6. The molecule has 2 saturated carbocycles. The summed E-state index contributed by atoms with van der Waals surface area (Å²) in [4.78, 5) is 24.8. The number of hydrogen-bond donors (Lipinski definition) is 2. The molecule has 0 radical (unpaired) electrons. The van der Waals surface area contributed by atoms with Gasteiger partial charge in [-0.15, -0.1) is 0 Å². The fraction of sp³-hybridized carbons (Fsp3) is 0.737. The van der Waals surface area contributed by atoms with Crippen LogP contribution in [0.4, 0.5) is 0 Å². The second-order valence-corrected chi connectivity index (χ2v) is 7.67. The van der Waals surface area contributed by atoms with Crippen LogP contribution in [0.5, 0.6) is 0 Å². The molecule has 0 spiro atoms. The highest BCUT2D eigenvalue weighted by molar-refractivity contribution is 5.94. The number of hydrogen-bond acceptors (Lipinski definition) is 4. The molecule has 7 nitrogen and oxygen atoms in total. The van der Waals surface area contributed by atoms with Crippen LogP contribution in [0.2, 0.25) is 0 Å². The maximum absolute atomic E-state index is 12.5. The van der Waals surface area contributed by atoms with E-state index in [1.165, 1.54) is 6.42 Å². The second kappa shape index (κ2) is 7.78. The molecular formula is C19H28N4O3. The Morgan fingerprint density at radius 2 is 1.96 bits per heavy atom. The van der Waals surface area contributed by atoms with Crippen molar-refractivity contribution in [3.05, 3.63) is 17.0 Å². The Hall–Kier alpha value is -1.89. The van der Waals surface area contributed by atoms with Crippen molar-refractivity contribution in [2.75, 3.05) is 13.2 Å². The average Bonchev–Trinajstić information content (AvgIpc) is 3.41. The first-order valence-electron chi connectivity index (χ1n) is 9.97. The first-order chi connectivity index (χ1) is 12.7. The van der Waals surface area contributed by atoms with Crippen molar-refractivity contribution in [1.82, 2.24) is 20.4 Å². The summed E-state index contributed by atoms with van der Waals surface area (Å²) in [5.74, 6) is 0.239. The van der Waals surface area contributed by atoms with Crippen molar-refractivity contribution in [3.8, 4) is 0 Å². The molecule has 7 heteroatoms. The molecule has 1 aromatic heterocycles. The number of carbonyl (C=O) groups is 2. The molecule has 0 unspecified atom stereocenters. The van der Waals surface area contributed by atoms with E-state index in [9.17, 15) is 9.59 Å². The minimum absolute atomic E-state index is 0.0979. The van der Waals surface area contributed by atoms with Crippen molar-refractivity contribution < 1.29 is 14.3 Å². The van der Waals surface area contributed by atoms with Gasteiger partial charge in [0.05, 0.1) is 19.8 Å². The van der Waals surface area contributed by atoms with E-state index in [-0.39, 0.29) is 17.7 Å². The molecule has 0 bridgehead atoms. The largest absolute Gasteiger partial charge is 0.376 e. The van der Waals surface area contributed by atoms with Crippen molar-refractivity contribution in [2.24, 2.45) is 5.92 Å². The van der Waals surface area contributed by atoms with Crippen LogP contribution in [0.15, 0.2) is 0 Å². The molecule has 26 heavy (non-hydrogen) atoms. The van der Waals surface area contributed by atoms with E-state index in [1.807, 2.05) is 4.68 Å². The molecule has 0 aromatic carbocycles. The summed E-state index contributed by atoms with van der Waals surface area (Å²) in [6.45, 7) is 2.24. The van der Waals surface area contributed by atoms with Gasteiger partial charge in [-0.05, 0) is 25.7 Å². The molecule has 2 aliphatic carbocycles. The molecule has 0 saturated heterocycles. The zero-order valence-corrected chi connectivity index (χ0v) is 15.3. The van der Waals surface area contributed by atoms with Crippen molar-refractivity contribution in [3.63, 3.8) is 0 Å². The van der Waals surface area contributed by atoms with Gasteiger partial charge in [0.1, 0.15) is 0 Å². The first kappa shape index (κ1) is 17.5. The minimum atomic E-state index is -0.0979. The van der Waals surface area contributed by atoms with Crippen LogP contribution in [0, 0.1) is 5.92 Å². The summed E-state index contributed by atoms with van der Waals surface area (Å²) >= 11 is 0. The number of nitrogens with zero attached hydrogens (tertiary/aromatic N) is 2. The zero-order chi connectivity index (χ0) is 17.9. The van der Waals surface area contributed by atoms with Gasteiger partial charge in [-0.1, -0.05) is 19.3 Å². The van der Waals surface area contributed by atoms with Crippen molar-refractivity contribution >= 4 is 11.8 Å². The van der Waals surface area contributed by atoms with Crippen LogP contribution in [-0.2, 0) is 29.1 Å². The SMILES string of the molecule is O=C(NC1CC1)c1nn(CCNC(=O)C2CCCCC2)c2c1COCC2. The summed E-state index contributed by atoms with van der Waals surface area (Å²) in [6, 6.07) is 0.308. The summed E-state index contributed by atoms with van der Waals surface area (Å²) in [7, 11) is 0.